The van der Waals surface area contributed by atoms with Gasteiger partial charge in [0.25, 0.3) is 0 Å². The number of aliphatic hydroxyl groups is 2. The second-order valence-electron chi connectivity index (χ2n) is 5.93. The first-order valence-corrected chi connectivity index (χ1v) is 8.44. The molecule has 1 aliphatic heterocycles. The quantitative estimate of drug-likeness (QED) is 0.814. The molecular weight excluding hydrogens is 300 g/mol. The van der Waals surface area contributed by atoms with Crippen LogP contribution in [0.5, 0.6) is 0 Å². The first-order valence-electron chi connectivity index (χ1n) is 7.56. The normalized spacial score (nSPS) is 22.1. The molecule has 22 heavy (non-hydrogen) atoms. The molecular formula is C15H22N4O2S. The van der Waals surface area contributed by atoms with Crippen molar-refractivity contribution in [3.8, 4) is 0 Å². The lowest BCUT2D eigenvalue weighted by Gasteiger charge is -2.23. The lowest BCUT2D eigenvalue weighted by molar-refractivity contribution is 0.160. The molecule has 2 aromatic heterocycles. The summed E-state index contributed by atoms with van der Waals surface area (Å²) in [4.78, 5) is 13.1. The lowest BCUT2D eigenvalue weighted by atomic mass is 9.96. The van der Waals surface area contributed by atoms with Crippen LogP contribution in [0.4, 0.5) is 5.82 Å². The number of hydrogen-bond acceptors (Lipinski definition) is 7. The fourth-order valence-corrected chi connectivity index (χ4v) is 4.05. The SMILES string of the molecule is CN(CCO)C[C@@H]1CN(c2ncnc3ccsc23)C[C@@H]1CO. The highest BCUT2D eigenvalue weighted by Crippen LogP contribution is 2.33. The highest BCUT2D eigenvalue weighted by Gasteiger charge is 2.34. The summed E-state index contributed by atoms with van der Waals surface area (Å²) in [5.41, 5.74) is 0.983. The first kappa shape index (κ1) is 15.6. The monoisotopic (exact) mass is 322 g/mol. The van der Waals surface area contributed by atoms with E-state index in [9.17, 15) is 5.11 Å². The highest BCUT2D eigenvalue weighted by atomic mass is 32.1. The predicted octanol–water partition coefficient (Wildman–Crippen LogP) is 0.660. The van der Waals surface area contributed by atoms with Crippen LogP contribution in [0.3, 0.4) is 0 Å². The Morgan fingerprint density at radius 3 is 2.91 bits per heavy atom. The molecule has 0 radical (unpaired) electrons. The van der Waals surface area contributed by atoms with Crippen LogP contribution in [0.15, 0.2) is 17.8 Å². The molecule has 0 amide bonds. The van der Waals surface area contributed by atoms with E-state index >= 15 is 0 Å². The van der Waals surface area contributed by atoms with Crippen molar-refractivity contribution in [1.29, 1.82) is 0 Å². The van der Waals surface area contributed by atoms with Gasteiger partial charge in [0.2, 0.25) is 0 Å². The summed E-state index contributed by atoms with van der Waals surface area (Å²) in [6, 6.07) is 2.01. The van der Waals surface area contributed by atoms with E-state index in [2.05, 4.69) is 19.8 Å². The van der Waals surface area contributed by atoms with Gasteiger partial charge >= 0.3 is 0 Å². The van der Waals surface area contributed by atoms with Crippen molar-refractivity contribution in [3.05, 3.63) is 17.8 Å². The minimum Gasteiger partial charge on any atom is -0.396 e. The second kappa shape index (κ2) is 6.87. The van der Waals surface area contributed by atoms with E-state index in [4.69, 9.17) is 5.11 Å². The molecule has 0 aliphatic carbocycles. The first-order chi connectivity index (χ1) is 10.7. The van der Waals surface area contributed by atoms with Crippen LogP contribution in [0.1, 0.15) is 0 Å². The Balaban J connectivity index is 1.77. The maximum Gasteiger partial charge on any atom is 0.150 e. The summed E-state index contributed by atoms with van der Waals surface area (Å²) in [6.45, 7) is 3.59. The number of aliphatic hydroxyl groups excluding tert-OH is 2. The van der Waals surface area contributed by atoms with Gasteiger partial charge in [-0.05, 0) is 24.4 Å². The van der Waals surface area contributed by atoms with Gasteiger partial charge in [0.15, 0.2) is 0 Å². The molecule has 0 unspecified atom stereocenters. The van der Waals surface area contributed by atoms with E-state index < -0.39 is 0 Å². The smallest absolute Gasteiger partial charge is 0.150 e. The Kier molecular flexibility index (Phi) is 4.87. The van der Waals surface area contributed by atoms with Crippen molar-refractivity contribution in [3.63, 3.8) is 0 Å². The van der Waals surface area contributed by atoms with Gasteiger partial charge in [-0.15, -0.1) is 11.3 Å². The Bertz CT molecular complexity index is 620. The number of rotatable bonds is 6. The molecule has 6 nitrogen and oxygen atoms in total. The maximum absolute atomic E-state index is 9.69. The van der Waals surface area contributed by atoms with Crippen LogP contribution in [-0.4, -0.2) is 71.5 Å². The average molecular weight is 322 g/mol. The topological polar surface area (TPSA) is 72.7 Å². The van der Waals surface area contributed by atoms with Crippen LogP contribution in [0.2, 0.25) is 0 Å². The summed E-state index contributed by atoms with van der Waals surface area (Å²) < 4.78 is 1.11. The Morgan fingerprint density at radius 2 is 2.14 bits per heavy atom. The van der Waals surface area contributed by atoms with E-state index in [1.54, 1.807) is 17.7 Å². The summed E-state index contributed by atoms with van der Waals surface area (Å²) >= 11 is 1.66. The summed E-state index contributed by atoms with van der Waals surface area (Å²) in [5, 5.41) is 20.8. The van der Waals surface area contributed by atoms with Gasteiger partial charge in [-0.25, -0.2) is 9.97 Å². The van der Waals surface area contributed by atoms with E-state index in [1.165, 1.54) is 0 Å². The van der Waals surface area contributed by atoms with Gasteiger partial charge in [0.05, 0.1) is 16.8 Å². The molecule has 1 saturated heterocycles. The number of hydrogen-bond donors (Lipinski definition) is 2. The van der Waals surface area contributed by atoms with Crippen LogP contribution in [0.25, 0.3) is 10.2 Å². The van der Waals surface area contributed by atoms with Crippen LogP contribution < -0.4 is 4.90 Å². The summed E-state index contributed by atoms with van der Waals surface area (Å²) in [7, 11) is 2.01. The lowest BCUT2D eigenvalue weighted by Crippen LogP contribution is -2.33. The van der Waals surface area contributed by atoms with Gasteiger partial charge in [-0.2, -0.15) is 0 Å². The molecule has 2 atom stereocenters. The molecule has 2 N–H and O–H groups in total. The molecule has 1 aliphatic rings. The van der Waals surface area contributed by atoms with E-state index in [-0.39, 0.29) is 19.1 Å². The van der Waals surface area contributed by atoms with Gasteiger partial charge in [-0.3, -0.25) is 0 Å². The van der Waals surface area contributed by atoms with Crippen molar-refractivity contribution in [2.45, 2.75) is 0 Å². The zero-order valence-electron chi connectivity index (χ0n) is 12.7. The molecule has 0 saturated carbocycles. The van der Waals surface area contributed by atoms with Crippen molar-refractivity contribution >= 4 is 27.4 Å². The number of anilines is 1. The van der Waals surface area contributed by atoms with Gasteiger partial charge < -0.3 is 20.0 Å². The third-order valence-corrected chi connectivity index (χ3v) is 5.26. The molecule has 1 fully saturated rings. The predicted molar refractivity (Wildman–Crippen MR) is 88.3 cm³/mol. The van der Waals surface area contributed by atoms with Gasteiger partial charge in [0.1, 0.15) is 12.1 Å². The second-order valence-corrected chi connectivity index (χ2v) is 6.84. The largest absolute Gasteiger partial charge is 0.396 e. The highest BCUT2D eigenvalue weighted by molar-refractivity contribution is 7.17. The molecule has 0 aromatic carbocycles. The van der Waals surface area contributed by atoms with E-state index in [0.29, 0.717) is 12.5 Å². The van der Waals surface area contributed by atoms with Crippen LogP contribution in [0, 0.1) is 11.8 Å². The molecule has 3 heterocycles. The standard InChI is InChI=1S/C15H22N4O2S/c1-18(3-4-20)6-11-7-19(8-12(11)9-21)15-14-13(2-5-22-14)16-10-17-15/h2,5,10-12,20-21H,3-4,6-9H2,1H3/t11-,12-/m1/s1. The van der Waals surface area contributed by atoms with Crippen molar-refractivity contribution in [1.82, 2.24) is 14.9 Å². The molecule has 0 spiro atoms. The van der Waals surface area contributed by atoms with Crippen molar-refractivity contribution in [2.75, 3.05) is 51.3 Å². The third-order valence-electron chi connectivity index (χ3n) is 4.36. The Morgan fingerprint density at radius 1 is 1.32 bits per heavy atom. The zero-order valence-corrected chi connectivity index (χ0v) is 13.5. The Hall–Kier alpha value is -1.28. The maximum atomic E-state index is 9.69. The number of thiophene rings is 1. The minimum absolute atomic E-state index is 0.165. The number of nitrogens with zero attached hydrogens (tertiary/aromatic N) is 4. The molecule has 0 bridgehead atoms. The number of aromatic nitrogens is 2. The fraction of sp³-hybridized carbons (Fsp3) is 0.600. The zero-order chi connectivity index (χ0) is 15.5. The molecule has 2 aromatic rings. The number of likely N-dealkylation sites (N-methyl/N-ethyl adjacent to an activating group) is 1. The van der Waals surface area contributed by atoms with Gasteiger partial charge in [0, 0.05) is 38.7 Å². The van der Waals surface area contributed by atoms with E-state index in [1.807, 2.05) is 18.5 Å². The van der Waals surface area contributed by atoms with Gasteiger partial charge in [-0.1, -0.05) is 0 Å². The summed E-state index contributed by atoms with van der Waals surface area (Å²) in [5.74, 6) is 1.60. The minimum atomic E-state index is 0.165. The van der Waals surface area contributed by atoms with Crippen molar-refractivity contribution < 1.29 is 10.2 Å². The van der Waals surface area contributed by atoms with Crippen molar-refractivity contribution in [2.24, 2.45) is 11.8 Å². The number of fused-ring (bicyclic) bond motifs is 1. The molecule has 3 rings (SSSR count). The van der Waals surface area contributed by atoms with E-state index in [0.717, 1.165) is 35.7 Å². The molecule has 7 heteroatoms. The van der Waals surface area contributed by atoms with Crippen LogP contribution >= 0.6 is 11.3 Å². The Labute approximate surface area is 134 Å². The average Bonchev–Trinajstić information content (AvgIpc) is 3.13. The summed E-state index contributed by atoms with van der Waals surface area (Å²) in [6.07, 6.45) is 1.61. The fourth-order valence-electron chi connectivity index (χ4n) is 3.19. The molecule has 120 valence electrons. The third kappa shape index (κ3) is 3.08. The van der Waals surface area contributed by atoms with Crippen LogP contribution in [-0.2, 0) is 0 Å².